The number of halogens is 4. The molecule has 0 saturated carbocycles. The predicted octanol–water partition coefficient (Wildman–Crippen LogP) is 3.21. The Morgan fingerprint density at radius 2 is 2.25 bits per heavy atom. The maximum Gasteiger partial charge on any atom is 0.421 e. The molecule has 2 N–H and O–H groups in total. The van der Waals surface area contributed by atoms with Crippen LogP contribution >= 0.6 is 22.9 Å². The average Bonchev–Trinajstić information content (AvgIpc) is 3.04. The first-order valence-electron chi connectivity index (χ1n) is 8.07. The highest BCUT2D eigenvalue weighted by Gasteiger charge is 2.59. The lowest BCUT2D eigenvalue weighted by atomic mass is 9.72. The molecule has 2 aromatic rings. The molecular weight excluding hydrogens is 419 g/mol. The maximum atomic E-state index is 13.1. The summed E-state index contributed by atoms with van der Waals surface area (Å²) in [4.78, 5) is 23.9. The zero-order valence-corrected chi connectivity index (χ0v) is 15.7. The second kappa shape index (κ2) is 6.49. The van der Waals surface area contributed by atoms with E-state index in [1.807, 2.05) is 0 Å². The molecule has 0 radical (unpaired) electrons. The smallest absolute Gasteiger partial charge is 0.421 e. The lowest BCUT2D eigenvalue weighted by molar-refractivity contribution is -0.141. The summed E-state index contributed by atoms with van der Waals surface area (Å²) in [7, 11) is 0. The Morgan fingerprint density at radius 1 is 1.46 bits per heavy atom. The standard InChI is InChI=1S/C16H11ClF3N5O2S/c1-2-21-10-8(16(18,19)20)5-22-14(24-10)25-11-9(17)23-12(28-11)15-4-3-7(15)6-27-13(15)26/h5,7H,2,6H2,1H3,(H2,21,22,24,25)/t7-,15-/m0/s1. The number of fused-ring (bicyclic) bond motifs is 1. The van der Waals surface area contributed by atoms with Gasteiger partial charge in [0.1, 0.15) is 28.0 Å². The number of alkyl halides is 3. The van der Waals surface area contributed by atoms with Crippen LogP contribution in [0.4, 0.5) is 29.9 Å². The van der Waals surface area contributed by atoms with Gasteiger partial charge in [-0.15, -0.1) is 0 Å². The summed E-state index contributed by atoms with van der Waals surface area (Å²) in [5.41, 5.74) is -2.10. The molecule has 1 aliphatic heterocycles. The van der Waals surface area contributed by atoms with Crippen LogP contribution in [-0.2, 0) is 21.1 Å². The molecule has 12 heteroatoms. The van der Waals surface area contributed by atoms with Crippen molar-refractivity contribution in [2.24, 2.45) is 5.92 Å². The maximum absolute atomic E-state index is 13.1. The Balaban J connectivity index is 1.64. The van der Waals surface area contributed by atoms with Gasteiger partial charge in [-0.25, -0.2) is 14.8 Å². The number of nitrogens with one attached hydrogen (secondary N) is 2. The fraction of sp³-hybridized carbons (Fsp3) is 0.375. The Morgan fingerprint density at radius 3 is 2.86 bits per heavy atom. The zero-order valence-electron chi connectivity index (χ0n) is 14.1. The Hall–Kier alpha value is -2.58. The molecule has 7 nitrogen and oxygen atoms in total. The number of anilines is 3. The van der Waals surface area contributed by atoms with Crippen LogP contribution in [0.5, 0.6) is 0 Å². The van der Waals surface area contributed by atoms with Gasteiger partial charge in [0.2, 0.25) is 5.95 Å². The van der Waals surface area contributed by atoms with Gasteiger partial charge >= 0.3 is 12.1 Å². The van der Waals surface area contributed by atoms with Crippen molar-refractivity contribution < 1.29 is 22.7 Å². The number of cyclic esters (lactones) is 1. The van der Waals surface area contributed by atoms with E-state index in [0.29, 0.717) is 16.2 Å². The summed E-state index contributed by atoms with van der Waals surface area (Å²) in [5, 5.41) is 6.02. The molecule has 0 spiro atoms. The van der Waals surface area contributed by atoms with E-state index in [4.69, 9.17) is 16.3 Å². The minimum Gasteiger partial charge on any atom is -0.463 e. The summed E-state index contributed by atoms with van der Waals surface area (Å²) in [6, 6.07) is 0. The first kappa shape index (κ1) is 18.8. The Bertz CT molecular complexity index is 1030. The molecule has 0 aromatic carbocycles. The summed E-state index contributed by atoms with van der Waals surface area (Å²) >= 11 is 7.20. The summed E-state index contributed by atoms with van der Waals surface area (Å²) in [6.45, 7) is 2.09. The van der Waals surface area contributed by atoms with Crippen LogP contribution in [-0.4, -0.2) is 34.1 Å². The molecule has 1 fully saturated rings. The SMILES string of the molecule is CCNc1nc(Nc2sc([C@]34C#C[C@H]3COC4=O)nc2Cl)ncc1C(F)(F)F. The van der Waals surface area contributed by atoms with Crippen LogP contribution in [0.25, 0.3) is 0 Å². The summed E-state index contributed by atoms with van der Waals surface area (Å²) < 4.78 is 44.3. The minimum atomic E-state index is -4.59. The van der Waals surface area contributed by atoms with Gasteiger partial charge in [0.15, 0.2) is 10.6 Å². The van der Waals surface area contributed by atoms with Crippen LogP contribution in [0.15, 0.2) is 6.20 Å². The van der Waals surface area contributed by atoms with E-state index >= 15 is 0 Å². The molecule has 146 valence electrons. The van der Waals surface area contributed by atoms with Crippen molar-refractivity contribution in [1.82, 2.24) is 15.0 Å². The number of nitrogens with zero attached hydrogens (tertiary/aromatic N) is 3. The van der Waals surface area contributed by atoms with Crippen molar-refractivity contribution in [3.63, 3.8) is 0 Å². The second-order valence-electron chi connectivity index (χ2n) is 5.98. The van der Waals surface area contributed by atoms with E-state index in [2.05, 4.69) is 37.4 Å². The summed E-state index contributed by atoms with van der Waals surface area (Å²) in [6.07, 6.45) is -3.91. The number of carbonyl (C=O) groups excluding carboxylic acids is 1. The van der Waals surface area contributed by atoms with Crippen LogP contribution in [0.1, 0.15) is 17.5 Å². The number of aromatic nitrogens is 3. The van der Waals surface area contributed by atoms with Gasteiger partial charge in [-0.2, -0.15) is 18.2 Å². The number of hydrogen-bond donors (Lipinski definition) is 2. The number of carbonyl (C=O) groups is 1. The fourth-order valence-electron chi connectivity index (χ4n) is 2.84. The fourth-order valence-corrected chi connectivity index (χ4v) is 4.18. The molecule has 2 aromatic heterocycles. The predicted molar refractivity (Wildman–Crippen MR) is 95.5 cm³/mol. The molecule has 0 bridgehead atoms. The number of thiazole rings is 1. The number of rotatable bonds is 5. The molecular formula is C16H11ClF3N5O2S. The first-order valence-corrected chi connectivity index (χ1v) is 9.27. The minimum absolute atomic E-state index is 0.0371. The molecule has 28 heavy (non-hydrogen) atoms. The third-order valence-electron chi connectivity index (χ3n) is 4.26. The quantitative estimate of drug-likeness (QED) is 0.557. The monoisotopic (exact) mass is 429 g/mol. The average molecular weight is 430 g/mol. The van der Waals surface area contributed by atoms with E-state index in [-0.39, 0.29) is 36.0 Å². The van der Waals surface area contributed by atoms with Crippen LogP contribution in [0, 0.1) is 17.8 Å². The zero-order chi connectivity index (χ0) is 20.1. The third-order valence-corrected chi connectivity index (χ3v) is 5.75. The molecule has 0 amide bonds. The Kier molecular flexibility index (Phi) is 4.35. The highest BCUT2D eigenvalue weighted by molar-refractivity contribution is 7.16. The second-order valence-corrected chi connectivity index (χ2v) is 7.33. The highest BCUT2D eigenvalue weighted by atomic mass is 35.5. The normalized spacial score (nSPS) is 22.6. The molecule has 1 aliphatic carbocycles. The van der Waals surface area contributed by atoms with E-state index in [0.717, 1.165) is 11.3 Å². The Labute approximate surface area is 165 Å². The topological polar surface area (TPSA) is 89.0 Å². The van der Waals surface area contributed by atoms with Gasteiger partial charge in [0.25, 0.3) is 0 Å². The largest absolute Gasteiger partial charge is 0.463 e. The van der Waals surface area contributed by atoms with Gasteiger partial charge in [0, 0.05) is 12.7 Å². The molecule has 0 unspecified atom stereocenters. The van der Waals surface area contributed by atoms with Crippen molar-refractivity contribution >= 4 is 45.7 Å². The number of esters is 1. The number of hydrogen-bond acceptors (Lipinski definition) is 8. The van der Waals surface area contributed by atoms with E-state index in [1.54, 1.807) is 6.92 Å². The molecule has 4 rings (SSSR count). The van der Waals surface area contributed by atoms with Crippen LogP contribution in [0.2, 0.25) is 5.15 Å². The van der Waals surface area contributed by atoms with E-state index in [1.165, 1.54) is 0 Å². The van der Waals surface area contributed by atoms with Crippen molar-refractivity contribution in [3.05, 3.63) is 21.9 Å². The highest BCUT2D eigenvalue weighted by Crippen LogP contribution is 2.47. The molecule has 2 atom stereocenters. The van der Waals surface area contributed by atoms with Crippen molar-refractivity contribution in [3.8, 4) is 11.8 Å². The third kappa shape index (κ3) is 2.84. The molecule has 1 saturated heterocycles. The van der Waals surface area contributed by atoms with Gasteiger partial charge in [-0.05, 0) is 6.92 Å². The first-order chi connectivity index (χ1) is 13.3. The van der Waals surface area contributed by atoms with Crippen molar-refractivity contribution in [2.45, 2.75) is 18.5 Å². The van der Waals surface area contributed by atoms with Gasteiger partial charge in [-0.1, -0.05) is 34.8 Å². The van der Waals surface area contributed by atoms with Crippen molar-refractivity contribution in [2.75, 3.05) is 23.8 Å². The van der Waals surface area contributed by atoms with Crippen LogP contribution < -0.4 is 10.6 Å². The van der Waals surface area contributed by atoms with Gasteiger partial charge in [0.05, 0.1) is 5.92 Å². The van der Waals surface area contributed by atoms with Gasteiger partial charge in [-0.3, -0.25) is 0 Å². The molecule has 2 aliphatic rings. The van der Waals surface area contributed by atoms with Crippen molar-refractivity contribution in [1.29, 1.82) is 0 Å². The van der Waals surface area contributed by atoms with E-state index in [9.17, 15) is 18.0 Å². The van der Waals surface area contributed by atoms with Crippen LogP contribution in [0.3, 0.4) is 0 Å². The van der Waals surface area contributed by atoms with Gasteiger partial charge < -0.3 is 15.4 Å². The molecule has 3 heterocycles. The summed E-state index contributed by atoms with van der Waals surface area (Å²) in [5.74, 6) is 4.47. The number of ether oxygens (including phenoxy) is 1. The lowest BCUT2D eigenvalue weighted by Crippen LogP contribution is -2.41. The lowest BCUT2D eigenvalue weighted by Gasteiger charge is -2.25. The van der Waals surface area contributed by atoms with E-state index < -0.39 is 23.1 Å².